The first-order valence-electron chi connectivity index (χ1n) is 6.27. The van der Waals surface area contributed by atoms with Gasteiger partial charge in [0.1, 0.15) is 11.6 Å². The zero-order valence-corrected chi connectivity index (χ0v) is 10.7. The van der Waals surface area contributed by atoms with Crippen LogP contribution in [0, 0.1) is 0 Å². The molecule has 0 saturated heterocycles. The Balaban J connectivity index is 2.42. The van der Waals surface area contributed by atoms with Crippen molar-refractivity contribution >= 4 is 27.8 Å². The average Bonchev–Trinajstić information content (AvgIpc) is 2.44. The van der Waals surface area contributed by atoms with Crippen molar-refractivity contribution in [1.82, 2.24) is 15.0 Å². The molecule has 0 aliphatic heterocycles. The molecule has 0 saturated carbocycles. The number of nitrogens with zero attached hydrogens (tertiary/aromatic N) is 3. The number of fused-ring (bicyclic) bond motifs is 2. The molecule has 0 aliphatic carbocycles. The van der Waals surface area contributed by atoms with Crippen LogP contribution in [-0.4, -0.2) is 15.0 Å². The molecular formula is C14H15N5. The van der Waals surface area contributed by atoms with Gasteiger partial charge in [-0.1, -0.05) is 25.1 Å². The Kier molecular flexibility index (Phi) is 2.76. The van der Waals surface area contributed by atoms with Crippen LogP contribution in [0.2, 0.25) is 0 Å². The van der Waals surface area contributed by atoms with Gasteiger partial charge in [0.25, 0.3) is 0 Å². The SMILES string of the molecule is CCc1cccc2cc3c(N)nc(CN)nc3nc12. The van der Waals surface area contributed by atoms with Crippen molar-refractivity contribution in [2.24, 2.45) is 5.73 Å². The quantitative estimate of drug-likeness (QED) is 0.679. The van der Waals surface area contributed by atoms with Gasteiger partial charge >= 0.3 is 0 Å². The van der Waals surface area contributed by atoms with Crippen LogP contribution in [0.5, 0.6) is 0 Å². The standard InChI is InChI=1S/C14H15N5/c1-2-8-4-3-5-9-6-10-13(16)17-11(7-15)18-14(10)19-12(8)9/h3-6H,2,7,15H2,1H3,(H2,16,17,18,19). The van der Waals surface area contributed by atoms with Crippen LogP contribution in [-0.2, 0) is 13.0 Å². The number of aromatic nitrogens is 3. The summed E-state index contributed by atoms with van der Waals surface area (Å²) in [4.78, 5) is 13.2. The predicted octanol–water partition coefficient (Wildman–Crippen LogP) is 1.78. The third-order valence-electron chi connectivity index (χ3n) is 3.23. The number of benzene rings is 1. The Morgan fingerprint density at radius 2 is 2.00 bits per heavy atom. The van der Waals surface area contributed by atoms with Crippen molar-refractivity contribution in [2.75, 3.05) is 5.73 Å². The first kappa shape index (κ1) is 11.8. The van der Waals surface area contributed by atoms with Gasteiger partial charge in [-0.25, -0.2) is 15.0 Å². The summed E-state index contributed by atoms with van der Waals surface area (Å²) in [5.41, 5.74) is 14.3. The molecule has 3 rings (SSSR count). The number of para-hydroxylation sites is 1. The molecule has 1 aromatic carbocycles. The molecule has 0 spiro atoms. The number of pyridine rings is 1. The third kappa shape index (κ3) is 1.88. The molecule has 0 radical (unpaired) electrons. The van der Waals surface area contributed by atoms with E-state index in [2.05, 4.69) is 27.9 Å². The molecule has 19 heavy (non-hydrogen) atoms. The molecule has 2 heterocycles. The second-order valence-corrected chi connectivity index (χ2v) is 4.43. The van der Waals surface area contributed by atoms with E-state index >= 15 is 0 Å². The van der Waals surface area contributed by atoms with Crippen molar-refractivity contribution < 1.29 is 0 Å². The molecule has 0 atom stereocenters. The lowest BCUT2D eigenvalue weighted by molar-refractivity contribution is 0.926. The van der Waals surface area contributed by atoms with Gasteiger partial charge < -0.3 is 11.5 Å². The van der Waals surface area contributed by atoms with E-state index in [1.54, 1.807) is 0 Å². The number of rotatable bonds is 2. The van der Waals surface area contributed by atoms with E-state index in [0.717, 1.165) is 22.7 Å². The van der Waals surface area contributed by atoms with E-state index in [4.69, 9.17) is 11.5 Å². The Labute approximate surface area is 110 Å². The number of aryl methyl sites for hydroxylation is 1. The smallest absolute Gasteiger partial charge is 0.165 e. The molecule has 0 unspecified atom stereocenters. The zero-order chi connectivity index (χ0) is 13.4. The first-order valence-corrected chi connectivity index (χ1v) is 6.27. The summed E-state index contributed by atoms with van der Waals surface area (Å²) < 4.78 is 0. The lowest BCUT2D eigenvalue weighted by Crippen LogP contribution is -2.07. The zero-order valence-electron chi connectivity index (χ0n) is 10.7. The van der Waals surface area contributed by atoms with Gasteiger partial charge in [0.2, 0.25) is 0 Å². The fourth-order valence-corrected chi connectivity index (χ4v) is 2.25. The summed E-state index contributed by atoms with van der Waals surface area (Å²) in [7, 11) is 0. The van der Waals surface area contributed by atoms with Crippen LogP contribution in [0.3, 0.4) is 0 Å². The fourth-order valence-electron chi connectivity index (χ4n) is 2.25. The predicted molar refractivity (Wildman–Crippen MR) is 76.5 cm³/mol. The van der Waals surface area contributed by atoms with Crippen molar-refractivity contribution in [3.63, 3.8) is 0 Å². The second-order valence-electron chi connectivity index (χ2n) is 4.43. The Morgan fingerprint density at radius 3 is 2.74 bits per heavy atom. The highest BCUT2D eigenvalue weighted by Crippen LogP contribution is 2.24. The van der Waals surface area contributed by atoms with Gasteiger partial charge in [0.15, 0.2) is 5.65 Å². The molecule has 0 amide bonds. The number of nitrogens with two attached hydrogens (primary N) is 2. The molecule has 2 aromatic heterocycles. The van der Waals surface area contributed by atoms with Crippen LogP contribution in [0.1, 0.15) is 18.3 Å². The second kappa shape index (κ2) is 4.44. The Hall–Kier alpha value is -2.27. The number of hydrogen-bond acceptors (Lipinski definition) is 5. The minimum Gasteiger partial charge on any atom is -0.383 e. The average molecular weight is 253 g/mol. The number of nitrogen functional groups attached to an aromatic ring is 1. The summed E-state index contributed by atoms with van der Waals surface area (Å²) in [6.07, 6.45) is 0.931. The summed E-state index contributed by atoms with van der Waals surface area (Å²) in [6.45, 7) is 2.37. The van der Waals surface area contributed by atoms with Crippen molar-refractivity contribution in [3.05, 3.63) is 35.7 Å². The molecule has 0 bridgehead atoms. The van der Waals surface area contributed by atoms with Crippen LogP contribution < -0.4 is 11.5 Å². The maximum atomic E-state index is 5.95. The fraction of sp³-hybridized carbons (Fsp3) is 0.214. The van der Waals surface area contributed by atoms with Crippen molar-refractivity contribution in [2.45, 2.75) is 19.9 Å². The van der Waals surface area contributed by atoms with E-state index < -0.39 is 0 Å². The summed E-state index contributed by atoms with van der Waals surface area (Å²) in [5.74, 6) is 0.951. The largest absolute Gasteiger partial charge is 0.383 e. The van der Waals surface area contributed by atoms with Gasteiger partial charge in [-0.3, -0.25) is 0 Å². The molecule has 96 valence electrons. The Bertz CT molecular complexity index is 766. The lowest BCUT2D eigenvalue weighted by Gasteiger charge is -2.07. The van der Waals surface area contributed by atoms with Crippen LogP contribution in [0.4, 0.5) is 5.82 Å². The normalized spacial score (nSPS) is 11.3. The summed E-state index contributed by atoms with van der Waals surface area (Å²) in [5, 5.41) is 1.83. The van der Waals surface area contributed by atoms with E-state index in [9.17, 15) is 0 Å². The molecule has 3 aromatic rings. The van der Waals surface area contributed by atoms with Gasteiger partial charge in [0, 0.05) is 5.39 Å². The van der Waals surface area contributed by atoms with E-state index in [1.165, 1.54) is 5.56 Å². The monoisotopic (exact) mass is 253 g/mol. The topological polar surface area (TPSA) is 90.7 Å². The van der Waals surface area contributed by atoms with Gasteiger partial charge in [-0.05, 0) is 18.1 Å². The van der Waals surface area contributed by atoms with E-state index in [-0.39, 0.29) is 6.54 Å². The molecule has 0 aliphatic rings. The van der Waals surface area contributed by atoms with Crippen LogP contribution >= 0.6 is 0 Å². The molecule has 5 heteroatoms. The highest BCUT2D eigenvalue weighted by molar-refractivity contribution is 5.96. The van der Waals surface area contributed by atoms with Gasteiger partial charge in [-0.15, -0.1) is 0 Å². The van der Waals surface area contributed by atoms with Crippen molar-refractivity contribution in [1.29, 1.82) is 0 Å². The minimum absolute atomic E-state index is 0.259. The highest BCUT2D eigenvalue weighted by Gasteiger charge is 2.09. The third-order valence-corrected chi connectivity index (χ3v) is 3.23. The molecular weight excluding hydrogens is 238 g/mol. The van der Waals surface area contributed by atoms with Gasteiger partial charge in [0.05, 0.1) is 17.4 Å². The lowest BCUT2D eigenvalue weighted by atomic mass is 10.1. The maximum absolute atomic E-state index is 5.95. The minimum atomic E-state index is 0.259. The molecule has 5 nitrogen and oxygen atoms in total. The van der Waals surface area contributed by atoms with Gasteiger partial charge in [-0.2, -0.15) is 0 Å². The van der Waals surface area contributed by atoms with E-state index in [0.29, 0.717) is 17.3 Å². The number of anilines is 1. The van der Waals surface area contributed by atoms with Crippen molar-refractivity contribution in [3.8, 4) is 0 Å². The van der Waals surface area contributed by atoms with Crippen LogP contribution in [0.25, 0.3) is 21.9 Å². The highest BCUT2D eigenvalue weighted by atomic mass is 15.0. The maximum Gasteiger partial charge on any atom is 0.165 e. The molecule has 4 N–H and O–H groups in total. The van der Waals surface area contributed by atoms with Crippen LogP contribution in [0.15, 0.2) is 24.3 Å². The van der Waals surface area contributed by atoms with E-state index in [1.807, 2.05) is 18.2 Å². The number of hydrogen-bond donors (Lipinski definition) is 2. The molecule has 0 fully saturated rings. The summed E-state index contributed by atoms with van der Waals surface area (Å²) in [6, 6.07) is 8.12. The first-order chi connectivity index (χ1) is 9.22. The summed E-state index contributed by atoms with van der Waals surface area (Å²) >= 11 is 0. The Morgan fingerprint density at radius 1 is 1.16 bits per heavy atom.